The topological polar surface area (TPSA) is 89.7 Å². The molecule has 8 heteroatoms. The first-order chi connectivity index (χ1) is 9.86. The number of non-ortho nitro benzene ring substituents is 1. The summed E-state index contributed by atoms with van der Waals surface area (Å²) in [5, 5.41) is 20.2. The number of hydrogen-bond acceptors (Lipinski definition) is 4. The zero-order valence-corrected chi connectivity index (χ0v) is 12.6. The van der Waals surface area contributed by atoms with Crippen LogP contribution < -0.4 is 4.74 Å². The van der Waals surface area contributed by atoms with Crippen LogP contribution in [0.25, 0.3) is 0 Å². The number of benzene rings is 2. The molecule has 21 heavy (non-hydrogen) atoms. The minimum atomic E-state index is -1.19. The van der Waals surface area contributed by atoms with Crippen LogP contribution in [0.2, 0.25) is 5.02 Å². The highest BCUT2D eigenvalue weighted by molar-refractivity contribution is 9.10. The molecule has 0 aromatic heterocycles. The average molecular weight is 373 g/mol. The van der Waals surface area contributed by atoms with Gasteiger partial charge in [0, 0.05) is 21.6 Å². The largest absolute Gasteiger partial charge is 0.478 e. The van der Waals surface area contributed by atoms with Crippen molar-refractivity contribution in [1.82, 2.24) is 0 Å². The van der Waals surface area contributed by atoms with Crippen LogP contribution in [0.4, 0.5) is 5.69 Å². The highest BCUT2D eigenvalue weighted by Crippen LogP contribution is 2.32. The highest BCUT2D eigenvalue weighted by atomic mass is 79.9. The van der Waals surface area contributed by atoms with Gasteiger partial charge in [-0.25, -0.2) is 4.79 Å². The van der Waals surface area contributed by atoms with E-state index in [1.54, 1.807) is 0 Å². The molecular weight excluding hydrogens is 366 g/mol. The zero-order chi connectivity index (χ0) is 15.6. The Labute approximate surface area is 132 Å². The number of ether oxygens (including phenoxy) is 1. The number of nitro groups is 1. The van der Waals surface area contributed by atoms with Crippen molar-refractivity contribution in [3.05, 3.63) is 61.6 Å². The number of carboxylic acid groups (broad SMARTS) is 1. The number of rotatable bonds is 4. The molecule has 0 atom stereocenters. The lowest BCUT2D eigenvalue weighted by atomic mass is 10.2. The van der Waals surface area contributed by atoms with Gasteiger partial charge in [0.15, 0.2) is 0 Å². The maximum Gasteiger partial charge on any atom is 0.339 e. The fourth-order valence-corrected chi connectivity index (χ4v) is 2.22. The summed E-state index contributed by atoms with van der Waals surface area (Å²) in [7, 11) is 0. The van der Waals surface area contributed by atoms with Gasteiger partial charge in [-0.1, -0.05) is 27.5 Å². The molecule has 0 aliphatic carbocycles. The van der Waals surface area contributed by atoms with Gasteiger partial charge in [-0.3, -0.25) is 10.1 Å². The van der Waals surface area contributed by atoms with Crippen LogP contribution >= 0.6 is 27.5 Å². The van der Waals surface area contributed by atoms with Crippen LogP contribution in [-0.4, -0.2) is 16.0 Å². The first-order valence-corrected chi connectivity index (χ1v) is 6.69. The Balaban J connectivity index is 2.45. The lowest BCUT2D eigenvalue weighted by Gasteiger charge is -2.09. The standard InChI is InChI=1S/C13H7BrClNO5/c14-7-3-9(16(19)20)6-10(4-7)21-12-5-8(15)1-2-11(12)13(17)18/h1-6H,(H,17,18). The molecule has 0 unspecified atom stereocenters. The number of nitro benzene ring substituents is 1. The van der Waals surface area contributed by atoms with E-state index < -0.39 is 10.9 Å². The van der Waals surface area contributed by atoms with Crippen molar-refractivity contribution in [2.24, 2.45) is 0 Å². The molecule has 0 spiro atoms. The highest BCUT2D eigenvalue weighted by Gasteiger charge is 2.15. The number of hydrogen-bond donors (Lipinski definition) is 1. The normalized spacial score (nSPS) is 10.2. The van der Waals surface area contributed by atoms with Crippen LogP contribution in [0.3, 0.4) is 0 Å². The van der Waals surface area contributed by atoms with Crippen LogP contribution in [0.15, 0.2) is 40.9 Å². The predicted octanol–water partition coefficient (Wildman–Crippen LogP) is 4.50. The molecule has 0 heterocycles. The molecule has 6 nitrogen and oxygen atoms in total. The third kappa shape index (κ3) is 3.71. The van der Waals surface area contributed by atoms with E-state index in [0.29, 0.717) is 9.50 Å². The van der Waals surface area contributed by atoms with Crippen molar-refractivity contribution in [3.63, 3.8) is 0 Å². The first kappa shape index (κ1) is 15.3. The van der Waals surface area contributed by atoms with Gasteiger partial charge in [0.1, 0.15) is 17.1 Å². The molecule has 2 aromatic carbocycles. The number of carboxylic acids is 1. The molecule has 0 aliphatic rings. The Hall–Kier alpha value is -2.12. The van der Waals surface area contributed by atoms with Crippen molar-refractivity contribution in [1.29, 1.82) is 0 Å². The molecule has 2 aromatic rings. The van der Waals surface area contributed by atoms with E-state index in [4.69, 9.17) is 21.4 Å². The summed E-state index contributed by atoms with van der Waals surface area (Å²) in [5.74, 6) is -1.06. The third-order valence-corrected chi connectivity index (χ3v) is 3.16. The number of nitrogens with zero attached hydrogens (tertiary/aromatic N) is 1. The van der Waals surface area contributed by atoms with Gasteiger partial charge in [0.25, 0.3) is 5.69 Å². The number of halogens is 2. The van der Waals surface area contributed by atoms with Crippen molar-refractivity contribution in [3.8, 4) is 11.5 Å². The van der Waals surface area contributed by atoms with Crippen molar-refractivity contribution in [2.75, 3.05) is 0 Å². The Morgan fingerprint density at radius 2 is 2.00 bits per heavy atom. The number of aromatic carboxylic acids is 1. The first-order valence-electron chi connectivity index (χ1n) is 5.52. The smallest absolute Gasteiger partial charge is 0.339 e. The third-order valence-electron chi connectivity index (χ3n) is 2.47. The van der Waals surface area contributed by atoms with Gasteiger partial charge in [-0.05, 0) is 18.2 Å². The monoisotopic (exact) mass is 371 g/mol. The summed E-state index contributed by atoms with van der Waals surface area (Å²) in [6.07, 6.45) is 0. The molecule has 1 N–H and O–H groups in total. The molecule has 0 bridgehead atoms. The minimum Gasteiger partial charge on any atom is -0.478 e. The van der Waals surface area contributed by atoms with Crippen LogP contribution in [0, 0.1) is 10.1 Å². The van der Waals surface area contributed by atoms with Crippen molar-refractivity contribution >= 4 is 39.2 Å². The summed E-state index contributed by atoms with van der Waals surface area (Å²) in [6.45, 7) is 0. The molecule has 0 fully saturated rings. The van der Waals surface area contributed by atoms with E-state index in [-0.39, 0.29) is 22.7 Å². The quantitative estimate of drug-likeness (QED) is 0.630. The second-order valence-electron chi connectivity index (χ2n) is 3.95. The predicted molar refractivity (Wildman–Crippen MR) is 79.3 cm³/mol. The summed E-state index contributed by atoms with van der Waals surface area (Å²) in [4.78, 5) is 21.4. The van der Waals surface area contributed by atoms with E-state index >= 15 is 0 Å². The molecule has 0 radical (unpaired) electrons. The van der Waals surface area contributed by atoms with Crippen LogP contribution in [-0.2, 0) is 0 Å². The summed E-state index contributed by atoms with van der Waals surface area (Å²) in [6, 6.07) is 8.03. The molecule has 0 aliphatic heterocycles. The van der Waals surface area contributed by atoms with E-state index in [2.05, 4.69) is 15.9 Å². The maximum absolute atomic E-state index is 11.1. The van der Waals surface area contributed by atoms with E-state index in [9.17, 15) is 14.9 Å². The van der Waals surface area contributed by atoms with Crippen molar-refractivity contribution in [2.45, 2.75) is 0 Å². The fourth-order valence-electron chi connectivity index (χ4n) is 1.60. The molecule has 2 rings (SSSR count). The van der Waals surface area contributed by atoms with Crippen LogP contribution in [0.5, 0.6) is 11.5 Å². The van der Waals surface area contributed by atoms with Gasteiger partial charge >= 0.3 is 5.97 Å². The van der Waals surface area contributed by atoms with E-state index in [1.165, 1.54) is 36.4 Å². The Kier molecular flexibility index (Phi) is 4.44. The van der Waals surface area contributed by atoms with E-state index in [1.807, 2.05) is 0 Å². The minimum absolute atomic E-state index is 0.00222. The molecule has 0 amide bonds. The lowest BCUT2D eigenvalue weighted by Crippen LogP contribution is -2.00. The molecule has 108 valence electrons. The van der Waals surface area contributed by atoms with Gasteiger partial charge in [-0.2, -0.15) is 0 Å². The maximum atomic E-state index is 11.1. The Bertz CT molecular complexity index is 734. The average Bonchev–Trinajstić information content (AvgIpc) is 2.37. The van der Waals surface area contributed by atoms with Gasteiger partial charge in [0.2, 0.25) is 0 Å². The second-order valence-corrected chi connectivity index (χ2v) is 5.30. The Morgan fingerprint density at radius 3 is 2.62 bits per heavy atom. The van der Waals surface area contributed by atoms with Crippen LogP contribution in [0.1, 0.15) is 10.4 Å². The molecule has 0 saturated carbocycles. The fraction of sp³-hybridized carbons (Fsp3) is 0. The Morgan fingerprint density at radius 1 is 1.29 bits per heavy atom. The van der Waals surface area contributed by atoms with Crippen molar-refractivity contribution < 1.29 is 19.6 Å². The SMILES string of the molecule is O=C(O)c1ccc(Cl)cc1Oc1cc(Br)cc([N+](=O)[O-])c1. The second kappa shape index (κ2) is 6.11. The lowest BCUT2D eigenvalue weighted by molar-refractivity contribution is -0.385. The van der Waals surface area contributed by atoms with Gasteiger partial charge in [0.05, 0.1) is 11.0 Å². The van der Waals surface area contributed by atoms with Gasteiger partial charge < -0.3 is 9.84 Å². The molecule has 0 saturated heterocycles. The summed E-state index contributed by atoms with van der Waals surface area (Å²) >= 11 is 8.94. The summed E-state index contributed by atoms with van der Waals surface area (Å²) < 4.78 is 5.86. The number of carbonyl (C=O) groups is 1. The summed E-state index contributed by atoms with van der Waals surface area (Å²) in [5.41, 5.74) is -0.277. The molecular formula is C13H7BrClNO5. The zero-order valence-electron chi connectivity index (χ0n) is 10.2. The van der Waals surface area contributed by atoms with Gasteiger partial charge in [-0.15, -0.1) is 0 Å². The van der Waals surface area contributed by atoms with E-state index in [0.717, 1.165) is 0 Å².